The van der Waals surface area contributed by atoms with Gasteiger partial charge in [-0.3, -0.25) is 4.90 Å². The lowest BCUT2D eigenvalue weighted by molar-refractivity contribution is 0.300. The van der Waals surface area contributed by atoms with Gasteiger partial charge in [-0.15, -0.1) is 0 Å². The molecule has 0 aliphatic heterocycles. The van der Waals surface area contributed by atoms with Gasteiger partial charge in [0, 0.05) is 18.5 Å². The SMILES string of the molecule is CN(CCC#N)C(C#Cc1ccccc1)c1ccccc1. The van der Waals surface area contributed by atoms with E-state index in [0.717, 1.165) is 11.1 Å². The first-order valence-corrected chi connectivity index (χ1v) is 7.00. The van der Waals surface area contributed by atoms with Crippen molar-refractivity contribution in [2.24, 2.45) is 0 Å². The Morgan fingerprint density at radius 3 is 2.24 bits per heavy atom. The van der Waals surface area contributed by atoms with Gasteiger partial charge < -0.3 is 0 Å². The van der Waals surface area contributed by atoms with Gasteiger partial charge in [-0.25, -0.2) is 0 Å². The van der Waals surface area contributed by atoms with Gasteiger partial charge in [-0.2, -0.15) is 5.26 Å². The van der Waals surface area contributed by atoms with Gasteiger partial charge in [0.2, 0.25) is 0 Å². The number of hydrogen-bond donors (Lipinski definition) is 0. The minimum Gasteiger partial charge on any atom is -0.288 e. The van der Waals surface area contributed by atoms with Crippen LogP contribution in [0.1, 0.15) is 23.6 Å². The van der Waals surface area contributed by atoms with Gasteiger partial charge in [0.15, 0.2) is 0 Å². The minimum absolute atomic E-state index is 0.000226. The summed E-state index contributed by atoms with van der Waals surface area (Å²) in [4.78, 5) is 2.12. The third kappa shape index (κ3) is 4.49. The van der Waals surface area contributed by atoms with Crippen molar-refractivity contribution < 1.29 is 0 Å². The number of hydrogen-bond acceptors (Lipinski definition) is 2. The third-order valence-corrected chi connectivity index (χ3v) is 3.26. The van der Waals surface area contributed by atoms with E-state index in [0.29, 0.717) is 13.0 Å². The highest BCUT2D eigenvalue weighted by atomic mass is 15.1. The first-order chi connectivity index (χ1) is 10.3. The molecule has 2 nitrogen and oxygen atoms in total. The Morgan fingerprint density at radius 1 is 1.00 bits per heavy atom. The van der Waals surface area contributed by atoms with Crippen molar-refractivity contribution >= 4 is 0 Å². The van der Waals surface area contributed by atoms with Crippen LogP contribution >= 0.6 is 0 Å². The predicted octanol–water partition coefficient (Wildman–Crippen LogP) is 3.62. The predicted molar refractivity (Wildman–Crippen MR) is 85.4 cm³/mol. The van der Waals surface area contributed by atoms with Gasteiger partial charge in [0.1, 0.15) is 0 Å². The van der Waals surface area contributed by atoms with E-state index in [4.69, 9.17) is 5.26 Å². The van der Waals surface area contributed by atoms with Gasteiger partial charge >= 0.3 is 0 Å². The highest BCUT2D eigenvalue weighted by Crippen LogP contribution is 2.18. The van der Waals surface area contributed by atoms with Crippen molar-refractivity contribution in [1.82, 2.24) is 4.90 Å². The molecule has 0 bridgehead atoms. The molecule has 0 saturated carbocycles. The summed E-state index contributed by atoms with van der Waals surface area (Å²) < 4.78 is 0. The van der Waals surface area contributed by atoms with E-state index in [1.807, 2.05) is 55.6 Å². The summed E-state index contributed by atoms with van der Waals surface area (Å²) >= 11 is 0. The van der Waals surface area contributed by atoms with Crippen molar-refractivity contribution in [3.8, 4) is 17.9 Å². The summed E-state index contributed by atoms with van der Waals surface area (Å²) in [7, 11) is 2.01. The Morgan fingerprint density at radius 2 is 1.62 bits per heavy atom. The molecule has 21 heavy (non-hydrogen) atoms. The van der Waals surface area contributed by atoms with E-state index in [9.17, 15) is 0 Å². The summed E-state index contributed by atoms with van der Waals surface area (Å²) in [6.45, 7) is 0.708. The third-order valence-electron chi connectivity index (χ3n) is 3.26. The van der Waals surface area contributed by atoms with E-state index >= 15 is 0 Å². The highest BCUT2D eigenvalue weighted by molar-refractivity contribution is 5.37. The van der Waals surface area contributed by atoms with Crippen LogP contribution in [0.4, 0.5) is 0 Å². The van der Waals surface area contributed by atoms with Crippen LogP contribution in [-0.4, -0.2) is 18.5 Å². The largest absolute Gasteiger partial charge is 0.288 e. The molecule has 2 aromatic rings. The molecule has 0 fully saturated rings. The van der Waals surface area contributed by atoms with Crippen LogP contribution in [0.3, 0.4) is 0 Å². The molecule has 0 saturated heterocycles. The zero-order chi connectivity index (χ0) is 14.9. The Labute approximate surface area is 126 Å². The molecule has 0 aliphatic rings. The molecule has 0 aliphatic carbocycles. The normalized spacial score (nSPS) is 11.3. The summed E-state index contributed by atoms with van der Waals surface area (Å²) in [6, 6.07) is 22.3. The second-order valence-electron chi connectivity index (χ2n) is 4.84. The van der Waals surface area contributed by atoms with Crippen molar-refractivity contribution in [2.45, 2.75) is 12.5 Å². The topological polar surface area (TPSA) is 27.0 Å². The molecular weight excluding hydrogens is 256 g/mol. The zero-order valence-corrected chi connectivity index (χ0v) is 12.2. The van der Waals surface area contributed by atoms with Gasteiger partial charge in [0.05, 0.1) is 12.1 Å². The van der Waals surface area contributed by atoms with Crippen molar-refractivity contribution in [3.05, 3.63) is 71.8 Å². The van der Waals surface area contributed by atoms with Crippen LogP contribution in [0.25, 0.3) is 0 Å². The van der Waals surface area contributed by atoms with Gasteiger partial charge in [0.25, 0.3) is 0 Å². The van der Waals surface area contributed by atoms with E-state index in [-0.39, 0.29) is 6.04 Å². The molecule has 0 heterocycles. The van der Waals surface area contributed by atoms with Crippen LogP contribution in [0.5, 0.6) is 0 Å². The first-order valence-electron chi connectivity index (χ1n) is 7.00. The van der Waals surface area contributed by atoms with E-state index < -0.39 is 0 Å². The smallest absolute Gasteiger partial charge is 0.0972 e. The Balaban J connectivity index is 2.25. The molecule has 2 aromatic carbocycles. The zero-order valence-electron chi connectivity index (χ0n) is 12.2. The molecular formula is C19H18N2. The van der Waals surface area contributed by atoms with Crippen LogP contribution in [-0.2, 0) is 0 Å². The average molecular weight is 274 g/mol. The first kappa shape index (κ1) is 14.9. The molecule has 0 aromatic heterocycles. The summed E-state index contributed by atoms with van der Waals surface area (Å²) in [5, 5.41) is 8.76. The summed E-state index contributed by atoms with van der Waals surface area (Å²) in [5.41, 5.74) is 2.16. The fraction of sp³-hybridized carbons (Fsp3) is 0.211. The molecule has 1 unspecified atom stereocenters. The standard InChI is InChI=1S/C19H18N2/c1-21(16-8-15-20)19(18-11-6-3-7-12-18)14-13-17-9-4-2-5-10-17/h2-7,9-12,19H,8,16H2,1H3. The molecule has 2 rings (SSSR count). The lowest BCUT2D eigenvalue weighted by Gasteiger charge is -2.23. The number of nitriles is 1. The molecule has 0 amide bonds. The highest BCUT2D eigenvalue weighted by Gasteiger charge is 2.13. The molecule has 2 heteroatoms. The van der Waals surface area contributed by atoms with Crippen molar-refractivity contribution in [1.29, 1.82) is 5.26 Å². The van der Waals surface area contributed by atoms with Crippen LogP contribution < -0.4 is 0 Å². The fourth-order valence-electron chi connectivity index (χ4n) is 2.11. The van der Waals surface area contributed by atoms with Gasteiger partial charge in [-0.1, -0.05) is 60.4 Å². The molecule has 0 N–H and O–H groups in total. The monoisotopic (exact) mass is 274 g/mol. The lowest BCUT2D eigenvalue weighted by Crippen LogP contribution is -2.24. The van der Waals surface area contributed by atoms with E-state index in [2.05, 4.69) is 34.9 Å². The average Bonchev–Trinajstić information content (AvgIpc) is 2.55. The molecule has 104 valence electrons. The molecule has 1 atom stereocenters. The van der Waals surface area contributed by atoms with Crippen molar-refractivity contribution in [2.75, 3.05) is 13.6 Å². The number of nitrogens with zero attached hydrogens (tertiary/aromatic N) is 2. The van der Waals surface area contributed by atoms with Crippen LogP contribution in [0.15, 0.2) is 60.7 Å². The Hall–Kier alpha value is -2.55. The Bertz CT molecular complexity index is 645. The second kappa shape index (κ2) is 7.90. The minimum atomic E-state index is -0.000226. The number of rotatable bonds is 4. The number of benzene rings is 2. The summed E-state index contributed by atoms with van der Waals surface area (Å²) in [6.07, 6.45) is 0.507. The maximum absolute atomic E-state index is 8.76. The lowest BCUT2D eigenvalue weighted by atomic mass is 10.1. The fourth-order valence-corrected chi connectivity index (χ4v) is 2.11. The Kier molecular flexibility index (Phi) is 5.59. The van der Waals surface area contributed by atoms with E-state index in [1.165, 1.54) is 0 Å². The van der Waals surface area contributed by atoms with E-state index in [1.54, 1.807) is 0 Å². The maximum atomic E-state index is 8.76. The maximum Gasteiger partial charge on any atom is 0.0972 e. The quantitative estimate of drug-likeness (QED) is 0.796. The van der Waals surface area contributed by atoms with Crippen LogP contribution in [0.2, 0.25) is 0 Å². The summed E-state index contributed by atoms with van der Waals surface area (Å²) in [5.74, 6) is 6.55. The van der Waals surface area contributed by atoms with Crippen LogP contribution in [0, 0.1) is 23.2 Å². The van der Waals surface area contributed by atoms with Gasteiger partial charge in [-0.05, 0) is 24.7 Å². The molecule has 0 spiro atoms. The van der Waals surface area contributed by atoms with Crippen molar-refractivity contribution in [3.63, 3.8) is 0 Å². The molecule has 0 radical (unpaired) electrons. The second-order valence-corrected chi connectivity index (χ2v) is 4.84.